The zero-order chi connectivity index (χ0) is 28.8. The third-order valence-corrected chi connectivity index (χ3v) is 12.4. The highest BCUT2D eigenvalue weighted by atomic mass is 32.2. The molecule has 0 bridgehead atoms. The summed E-state index contributed by atoms with van der Waals surface area (Å²) in [5.41, 5.74) is 2.95. The zero-order valence-electron chi connectivity index (χ0n) is 24.9. The summed E-state index contributed by atoms with van der Waals surface area (Å²) < 4.78 is 34.9. The topological polar surface area (TPSA) is 88.6 Å². The minimum atomic E-state index is -3.64. The fourth-order valence-electron chi connectivity index (χ4n) is 6.96. The molecule has 0 spiro atoms. The zero-order valence-corrected chi connectivity index (χ0v) is 26.5. The summed E-state index contributed by atoms with van der Waals surface area (Å²) in [7, 11) is -3.64. The van der Waals surface area contributed by atoms with Gasteiger partial charge in [-0.05, 0) is 87.6 Å². The van der Waals surface area contributed by atoms with Crippen molar-refractivity contribution >= 4 is 27.3 Å². The van der Waals surface area contributed by atoms with Crippen LogP contribution < -0.4 is 5.32 Å². The van der Waals surface area contributed by atoms with Crippen molar-refractivity contribution in [2.45, 2.75) is 121 Å². The maximum Gasteiger partial charge on any atom is 0.280 e. The molecule has 9 heteroatoms. The molecule has 40 heavy (non-hydrogen) atoms. The number of amides is 1. The monoisotopic (exact) mass is 587 g/mol. The molecule has 1 aromatic heterocycles. The van der Waals surface area contributed by atoms with Gasteiger partial charge in [0.15, 0.2) is 5.01 Å². The van der Waals surface area contributed by atoms with Gasteiger partial charge in [0, 0.05) is 25.3 Å². The van der Waals surface area contributed by atoms with Gasteiger partial charge in [0.1, 0.15) is 0 Å². The summed E-state index contributed by atoms with van der Waals surface area (Å²) in [4.78, 5) is 19.8. The summed E-state index contributed by atoms with van der Waals surface area (Å²) in [5, 5.41) is 3.68. The molecule has 1 saturated carbocycles. The van der Waals surface area contributed by atoms with Gasteiger partial charge in [0.25, 0.3) is 5.91 Å². The van der Waals surface area contributed by atoms with Crippen LogP contribution in [0.2, 0.25) is 0 Å². The maximum absolute atomic E-state index is 13.9. The van der Waals surface area contributed by atoms with Gasteiger partial charge in [-0.15, -0.1) is 11.3 Å². The molecule has 0 unspecified atom stereocenters. The third kappa shape index (κ3) is 5.51. The van der Waals surface area contributed by atoms with Crippen LogP contribution in [0.4, 0.5) is 0 Å². The molecule has 2 fully saturated rings. The molecule has 2 aliphatic heterocycles. The van der Waals surface area contributed by atoms with E-state index in [-0.39, 0.29) is 23.9 Å². The number of ether oxygens (including phenoxy) is 1. The normalized spacial score (nSPS) is 21.7. The number of hydrogen-bond donors (Lipinski definition) is 1. The largest absolute Gasteiger partial charge is 0.381 e. The number of hydrogen-bond acceptors (Lipinski definition) is 6. The number of benzene rings is 1. The molecule has 0 radical (unpaired) electrons. The molecule has 1 N–H and O–H groups in total. The van der Waals surface area contributed by atoms with Crippen LogP contribution in [-0.2, 0) is 26.7 Å². The summed E-state index contributed by atoms with van der Waals surface area (Å²) in [5.74, 6) is 0.470. The van der Waals surface area contributed by atoms with E-state index < -0.39 is 15.6 Å². The Balaban J connectivity index is 1.61. The quantitative estimate of drug-likeness (QED) is 0.394. The van der Waals surface area contributed by atoms with Gasteiger partial charge in [-0.3, -0.25) is 4.79 Å². The van der Waals surface area contributed by atoms with E-state index in [1.54, 1.807) is 4.31 Å². The van der Waals surface area contributed by atoms with Gasteiger partial charge < -0.3 is 10.1 Å². The number of nitrogens with one attached hydrogen (secondary N) is 1. The Hall–Kier alpha value is -1.81. The molecule has 220 valence electrons. The summed E-state index contributed by atoms with van der Waals surface area (Å²) in [6, 6.07) is 4.07. The van der Waals surface area contributed by atoms with Crippen molar-refractivity contribution in [2.75, 3.05) is 13.2 Å². The van der Waals surface area contributed by atoms with E-state index >= 15 is 0 Å². The first-order chi connectivity index (χ1) is 18.9. The first-order valence-corrected chi connectivity index (χ1v) is 17.3. The Labute approximate surface area is 244 Å². The van der Waals surface area contributed by atoms with Crippen LogP contribution in [-0.4, -0.2) is 48.9 Å². The van der Waals surface area contributed by atoms with Crippen LogP contribution in [0, 0.1) is 5.92 Å². The molecule has 3 heterocycles. The van der Waals surface area contributed by atoms with Crippen molar-refractivity contribution in [1.82, 2.24) is 14.6 Å². The first kappa shape index (κ1) is 29.7. The number of fused-ring (bicyclic) bond motifs is 1. The van der Waals surface area contributed by atoms with Gasteiger partial charge in [-0.2, -0.15) is 4.31 Å². The second-order valence-electron chi connectivity index (χ2n) is 12.9. The average Bonchev–Trinajstić information content (AvgIpc) is 3.38. The number of carbonyl (C=O) groups excluding carboxylic acids is 1. The molecular weight excluding hydrogens is 542 g/mol. The van der Waals surface area contributed by atoms with Crippen molar-refractivity contribution < 1.29 is 17.9 Å². The Morgan fingerprint density at radius 2 is 1.77 bits per heavy atom. The molecule has 3 aliphatic rings. The van der Waals surface area contributed by atoms with E-state index in [0.717, 1.165) is 46.5 Å². The fourth-order valence-corrected chi connectivity index (χ4v) is 10.6. The van der Waals surface area contributed by atoms with E-state index in [0.29, 0.717) is 29.0 Å². The summed E-state index contributed by atoms with van der Waals surface area (Å²) >= 11 is 1.45. The Bertz CT molecular complexity index is 1350. The third-order valence-electron chi connectivity index (χ3n) is 8.85. The second-order valence-corrected chi connectivity index (χ2v) is 15.7. The highest BCUT2D eigenvalue weighted by molar-refractivity contribution is 7.89. The van der Waals surface area contributed by atoms with Crippen LogP contribution in [0.3, 0.4) is 0 Å². The van der Waals surface area contributed by atoms with Crippen molar-refractivity contribution in [3.63, 3.8) is 0 Å². The van der Waals surface area contributed by atoms with Crippen LogP contribution in [0.25, 0.3) is 10.4 Å². The molecular formula is C31H45N3O4S2. The lowest BCUT2D eigenvalue weighted by Gasteiger charge is -2.33. The lowest BCUT2D eigenvalue weighted by atomic mass is 9.84. The molecule has 1 saturated heterocycles. The van der Waals surface area contributed by atoms with Crippen LogP contribution >= 0.6 is 11.3 Å². The predicted molar refractivity (Wildman–Crippen MR) is 160 cm³/mol. The van der Waals surface area contributed by atoms with Gasteiger partial charge in [-0.25, -0.2) is 13.4 Å². The fraction of sp³-hybridized carbons (Fsp3) is 0.677. The minimum Gasteiger partial charge on any atom is -0.381 e. The van der Waals surface area contributed by atoms with E-state index in [1.807, 2.05) is 27.7 Å². The molecule has 1 aromatic carbocycles. The number of thiazole rings is 1. The molecule has 7 nitrogen and oxygen atoms in total. The van der Waals surface area contributed by atoms with E-state index in [4.69, 9.17) is 9.72 Å². The van der Waals surface area contributed by atoms with E-state index in [2.05, 4.69) is 31.3 Å². The number of nitrogens with zero attached hydrogens (tertiary/aromatic N) is 2. The van der Waals surface area contributed by atoms with Gasteiger partial charge in [-0.1, -0.05) is 46.0 Å². The Morgan fingerprint density at radius 3 is 2.40 bits per heavy atom. The second kappa shape index (κ2) is 11.5. The van der Waals surface area contributed by atoms with E-state index in [1.165, 1.54) is 43.4 Å². The standard InChI is InChI=1S/C31H45N3O4S2/c1-19(2)24-17-22(18-25-28(24)40(36,37)34(20(3)4)31(25,5)6)27-26(16-21-10-8-7-9-11-21)33-30(39-27)29(35)32-23-12-14-38-15-13-23/h17-21,23H,7-16H2,1-6H3,(H,32,35). The van der Waals surface area contributed by atoms with Gasteiger partial charge in [0.2, 0.25) is 10.0 Å². The highest BCUT2D eigenvalue weighted by Gasteiger charge is 2.51. The molecule has 0 atom stereocenters. The predicted octanol–water partition coefficient (Wildman–Crippen LogP) is 6.61. The summed E-state index contributed by atoms with van der Waals surface area (Å²) in [6.07, 6.45) is 8.65. The number of aromatic nitrogens is 1. The molecule has 1 aliphatic carbocycles. The van der Waals surface area contributed by atoms with Crippen LogP contribution in [0.15, 0.2) is 17.0 Å². The number of rotatable bonds is 7. The van der Waals surface area contributed by atoms with Crippen molar-refractivity contribution in [2.24, 2.45) is 5.92 Å². The number of carbonyl (C=O) groups is 1. The molecule has 5 rings (SSSR count). The lowest BCUT2D eigenvalue weighted by Crippen LogP contribution is -2.43. The smallest absolute Gasteiger partial charge is 0.280 e. The average molecular weight is 588 g/mol. The van der Waals surface area contributed by atoms with Gasteiger partial charge >= 0.3 is 0 Å². The SMILES string of the molecule is CC(C)c1cc(-c2sc(C(=O)NC3CCOCC3)nc2CC2CCCCC2)cc2c1S(=O)(=O)N(C(C)C)C2(C)C. The van der Waals surface area contributed by atoms with Crippen molar-refractivity contribution in [1.29, 1.82) is 0 Å². The summed E-state index contributed by atoms with van der Waals surface area (Å²) in [6.45, 7) is 13.3. The first-order valence-electron chi connectivity index (χ1n) is 15.0. The van der Waals surface area contributed by atoms with Gasteiger partial charge in [0.05, 0.1) is 21.0 Å². The lowest BCUT2D eigenvalue weighted by molar-refractivity contribution is 0.0696. The Morgan fingerprint density at radius 1 is 1.10 bits per heavy atom. The van der Waals surface area contributed by atoms with Crippen LogP contribution in [0.5, 0.6) is 0 Å². The maximum atomic E-state index is 13.9. The molecule has 1 amide bonds. The number of sulfonamides is 1. The minimum absolute atomic E-state index is 0.0254. The van der Waals surface area contributed by atoms with E-state index in [9.17, 15) is 13.2 Å². The Kier molecular flexibility index (Phi) is 8.50. The highest BCUT2D eigenvalue weighted by Crippen LogP contribution is 2.50. The molecule has 2 aromatic rings. The van der Waals surface area contributed by atoms with Crippen molar-refractivity contribution in [3.05, 3.63) is 34.0 Å². The van der Waals surface area contributed by atoms with Crippen molar-refractivity contribution in [3.8, 4) is 10.4 Å². The van der Waals surface area contributed by atoms with Crippen LogP contribution in [0.1, 0.15) is 119 Å².